The Bertz CT molecular complexity index is 1130. The molecule has 0 aliphatic carbocycles. The molecule has 1 aliphatic rings. The van der Waals surface area contributed by atoms with Crippen LogP contribution in [0.15, 0.2) is 53.1 Å². The highest BCUT2D eigenvalue weighted by Gasteiger charge is 2.38. The summed E-state index contributed by atoms with van der Waals surface area (Å²) in [4.78, 5) is 27.4. The second-order valence-electron chi connectivity index (χ2n) is 7.26. The Morgan fingerprint density at radius 3 is 2.71 bits per heavy atom. The van der Waals surface area contributed by atoms with Gasteiger partial charge in [-0.1, -0.05) is 47.1 Å². The third-order valence-electron chi connectivity index (χ3n) is 5.35. The van der Waals surface area contributed by atoms with E-state index in [1.165, 1.54) is 12.0 Å². The van der Waals surface area contributed by atoms with E-state index in [4.69, 9.17) is 25.6 Å². The molecular formula is C23H21ClN2O5. The Hall–Kier alpha value is -3.32. The first kappa shape index (κ1) is 20.9. The zero-order valence-electron chi connectivity index (χ0n) is 17.1. The average molecular weight is 441 g/mol. The molecule has 1 aliphatic heterocycles. The Kier molecular flexibility index (Phi) is 5.95. The smallest absolute Gasteiger partial charge is 0.328 e. The molecular weight excluding hydrogens is 420 g/mol. The lowest BCUT2D eigenvalue weighted by Gasteiger charge is -2.34. The summed E-state index contributed by atoms with van der Waals surface area (Å²) in [6.45, 7) is 2.06. The molecule has 31 heavy (non-hydrogen) atoms. The lowest BCUT2D eigenvalue weighted by atomic mass is 9.93. The molecule has 0 saturated heterocycles. The van der Waals surface area contributed by atoms with E-state index < -0.39 is 17.9 Å². The van der Waals surface area contributed by atoms with E-state index in [1.807, 2.05) is 24.3 Å². The van der Waals surface area contributed by atoms with E-state index in [0.29, 0.717) is 28.5 Å². The number of carbonyl (C=O) groups is 2. The zero-order valence-corrected chi connectivity index (χ0v) is 17.9. The SMILES string of the molecule is COC(=O)C1Cc2ccccc2CN1C(=O)c1noc(C)c1COc1cccc(Cl)c1. The molecule has 1 aromatic heterocycles. The molecule has 7 nitrogen and oxygen atoms in total. The number of fused-ring (bicyclic) bond motifs is 1. The highest BCUT2D eigenvalue weighted by atomic mass is 35.5. The number of carbonyl (C=O) groups excluding carboxylic acids is 2. The fourth-order valence-electron chi connectivity index (χ4n) is 3.66. The van der Waals surface area contributed by atoms with Crippen molar-refractivity contribution in [1.82, 2.24) is 10.1 Å². The third-order valence-corrected chi connectivity index (χ3v) is 5.58. The van der Waals surface area contributed by atoms with Crippen molar-refractivity contribution in [3.63, 3.8) is 0 Å². The fourth-order valence-corrected chi connectivity index (χ4v) is 3.84. The topological polar surface area (TPSA) is 81.9 Å². The van der Waals surface area contributed by atoms with Gasteiger partial charge in [-0.15, -0.1) is 0 Å². The molecule has 4 rings (SSSR count). The summed E-state index contributed by atoms with van der Waals surface area (Å²) >= 11 is 6.01. The first-order valence-electron chi connectivity index (χ1n) is 9.77. The van der Waals surface area contributed by atoms with Crippen LogP contribution in [-0.4, -0.2) is 35.1 Å². The van der Waals surface area contributed by atoms with Crippen molar-refractivity contribution in [2.24, 2.45) is 0 Å². The predicted octanol–water partition coefficient (Wildman–Crippen LogP) is 3.96. The van der Waals surface area contributed by atoms with Crippen LogP contribution in [0.1, 0.15) is 32.9 Å². The molecule has 0 N–H and O–H groups in total. The second-order valence-corrected chi connectivity index (χ2v) is 7.69. The van der Waals surface area contributed by atoms with Gasteiger partial charge < -0.3 is 18.9 Å². The number of aryl methyl sites for hydroxylation is 1. The molecule has 1 atom stereocenters. The number of rotatable bonds is 5. The molecule has 0 bridgehead atoms. The molecule has 8 heteroatoms. The molecule has 2 aromatic carbocycles. The van der Waals surface area contributed by atoms with Crippen LogP contribution in [0.4, 0.5) is 0 Å². The maximum Gasteiger partial charge on any atom is 0.328 e. The van der Waals surface area contributed by atoms with Crippen molar-refractivity contribution < 1.29 is 23.6 Å². The first-order chi connectivity index (χ1) is 15.0. The lowest BCUT2D eigenvalue weighted by molar-refractivity contribution is -0.146. The van der Waals surface area contributed by atoms with Crippen LogP contribution in [0.2, 0.25) is 5.02 Å². The van der Waals surface area contributed by atoms with Crippen LogP contribution in [0, 0.1) is 6.92 Å². The number of halogens is 1. The van der Waals surface area contributed by atoms with Gasteiger partial charge in [0.1, 0.15) is 24.2 Å². The van der Waals surface area contributed by atoms with Crippen molar-refractivity contribution in [3.05, 3.63) is 81.7 Å². The van der Waals surface area contributed by atoms with E-state index in [-0.39, 0.29) is 18.8 Å². The normalized spacial score (nSPS) is 15.3. The number of esters is 1. The summed E-state index contributed by atoms with van der Waals surface area (Å²) in [6, 6.07) is 13.9. The number of hydrogen-bond acceptors (Lipinski definition) is 6. The van der Waals surface area contributed by atoms with Gasteiger partial charge in [0.25, 0.3) is 5.91 Å². The van der Waals surface area contributed by atoms with Crippen molar-refractivity contribution >= 4 is 23.5 Å². The number of nitrogens with zero attached hydrogens (tertiary/aromatic N) is 2. The van der Waals surface area contributed by atoms with Crippen molar-refractivity contribution in [1.29, 1.82) is 0 Å². The van der Waals surface area contributed by atoms with Crippen molar-refractivity contribution in [2.75, 3.05) is 7.11 Å². The molecule has 3 aromatic rings. The van der Waals surface area contributed by atoms with E-state index in [0.717, 1.165) is 11.1 Å². The average Bonchev–Trinajstić information content (AvgIpc) is 3.16. The van der Waals surface area contributed by atoms with Gasteiger partial charge in [-0.25, -0.2) is 4.79 Å². The standard InChI is InChI=1S/C23H21ClN2O5/c1-14-19(13-30-18-9-5-8-17(24)11-18)21(25-31-14)22(27)26-12-16-7-4-3-6-15(16)10-20(26)23(28)29-2/h3-9,11,20H,10,12-13H2,1-2H3. The van der Waals surface area contributed by atoms with E-state index >= 15 is 0 Å². The van der Waals surface area contributed by atoms with Crippen molar-refractivity contribution in [3.8, 4) is 5.75 Å². The quantitative estimate of drug-likeness (QED) is 0.558. The molecule has 0 saturated carbocycles. The molecule has 2 heterocycles. The van der Waals surface area contributed by atoms with Crippen LogP contribution in [-0.2, 0) is 29.1 Å². The Morgan fingerprint density at radius 1 is 1.19 bits per heavy atom. The summed E-state index contributed by atoms with van der Waals surface area (Å²) in [5, 5.41) is 4.52. The molecule has 1 amide bonds. The lowest BCUT2D eigenvalue weighted by Crippen LogP contribution is -2.49. The highest BCUT2D eigenvalue weighted by Crippen LogP contribution is 2.27. The summed E-state index contributed by atoms with van der Waals surface area (Å²) in [6.07, 6.45) is 0.375. The van der Waals surface area contributed by atoms with E-state index in [1.54, 1.807) is 31.2 Å². The maximum atomic E-state index is 13.5. The van der Waals surface area contributed by atoms with Gasteiger partial charge in [-0.05, 0) is 36.2 Å². The van der Waals surface area contributed by atoms with Crippen LogP contribution in [0.25, 0.3) is 0 Å². The minimum Gasteiger partial charge on any atom is -0.489 e. The second kappa shape index (κ2) is 8.81. The van der Waals surface area contributed by atoms with Gasteiger partial charge in [0.15, 0.2) is 5.69 Å². The van der Waals surface area contributed by atoms with Crippen LogP contribution in [0.3, 0.4) is 0 Å². The number of amides is 1. The van der Waals surface area contributed by atoms with Crippen LogP contribution < -0.4 is 4.74 Å². The minimum atomic E-state index is -0.744. The first-order valence-corrected chi connectivity index (χ1v) is 10.1. The fraction of sp³-hybridized carbons (Fsp3) is 0.261. The molecule has 0 spiro atoms. The van der Waals surface area contributed by atoms with Gasteiger partial charge >= 0.3 is 5.97 Å². The number of aromatic nitrogens is 1. The molecule has 1 unspecified atom stereocenters. The van der Waals surface area contributed by atoms with Crippen molar-refractivity contribution in [2.45, 2.75) is 32.5 Å². The van der Waals surface area contributed by atoms with Gasteiger partial charge in [0.05, 0.1) is 12.7 Å². The van der Waals surface area contributed by atoms with Crippen LogP contribution in [0.5, 0.6) is 5.75 Å². The predicted molar refractivity (Wildman–Crippen MR) is 113 cm³/mol. The Morgan fingerprint density at radius 2 is 1.97 bits per heavy atom. The van der Waals surface area contributed by atoms with Gasteiger partial charge in [-0.2, -0.15) is 0 Å². The summed E-state index contributed by atoms with van der Waals surface area (Å²) in [7, 11) is 1.32. The molecule has 0 fully saturated rings. The van der Waals surface area contributed by atoms with Gasteiger partial charge in [0.2, 0.25) is 0 Å². The van der Waals surface area contributed by atoms with E-state index in [9.17, 15) is 9.59 Å². The minimum absolute atomic E-state index is 0.0735. The summed E-state index contributed by atoms with van der Waals surface area (Å²) in [5.74, 6) is 0.148. The third kappa shape index (κ3) is 4.27. The Labute approximate surface area is 184 Å². The number of ether oxygens (including phenoxy) is 2. The zero-order chi connectivity index (χ0) is 22.0. The summed E-state index contributed by atoms with van der Waals surface area (Å²) < 4.78 is 16.0. The largest absolute Gasteiger partial charge is 0.489 e. The van der Waals surface area contributed by atoms with Crippen LogP contribution >= 0.6 is 11.6 Å². The molecule has 0 radical (unpaired) electrons. The van der Waals surface area contributed by atoms with Gasteiger partial charge in [-0.3, -0.25) is 4.79 Å². The number of methoxy groups -OCH3 is 1. The maximum absolute atomic E-state index is 13.5. The Balaban J connectivity index is 1.61. The molecule has 160 valence electrons. The van der Waals surface area contributed by atoms with Gasteiger partial charge in [0, 0.05) is 18.0 Å². The highest BCUT2D eigenvalue weighted by molar-refractivity contribution is 6.30. The number of hydrogen-bond donors (Lipinski definition) is 0. The summed E-state index contributed by atoms with van der Waals surface area (Å²) in [5.41, 5.74) is 2.64. The number of benzene rings is 2. The van der Waals surface area contributed by atoms with E-state index in [2.05, 4.69) is 5.16 Å². The monoisotopic (exact) mass is 440 g/mol.